The van der Waals surface area contributed by atoms with Gasteiger partial charge in [-0.3, -0.25) is 9.59 Å². The fourth-order valence-electron chi connectivity index (χ4n) is 3.05. The smallest absolute Gasteiger partial charge is 0.262 e. The van der Waals surface area contributed by atoms with Crippen molar-refractivity contribution in [3.63, 3.8) is 0 Å². The van der Waals surface area contributed by atoms with Crippen LogP contribution in [0.3, 0.4) is 0 Å². The van der Waals surface area contributed by atoms with Gasteiger partial charge in [-0.2, -0.15) is 0 Å². The molecular weight excluding hydrogens is 328 g/mol. The SMILES string of the molecule is CCn1ccc2c(OCC(=O)Nc3cc(C)cc(C)c3)cccc2c1=O. The molecule has 0 aliphatic carbocycles. The molecular formula is C21H22N2O3. The lowest BCUT2D eigenvalue weighted by atomic mass is 10.1. The summed E-state index contributed by atoms with van der Waals surface area (Å²) in [7, 11) is 0. The molecule has 2 aromatic carbocycles. The third kappa shape index (κ3) is 3.77. The Labute approximate surface area is 152 Å². The van der Waals surface area contributed by atoms with E-state index in [0.717, 1.165) is 16.8 Å². The average molecular weight is 350 g/mol. The lowest BCUT2D eigenvalue weighted by molar-refractivity contribution is -0.118. The van der Waals surface area contributed by atoms with Gasteiger partial charge in [0.2, 0.25) is 0 Å². The van der Waals surface area contributed by atoms with Crippen molar-refractivity contribution >= 4 is 22.4 Å². The normalized spacial score (nSPS) is 10.7. The zero-order valence-electron chi connectivity index (χ0n) is 15.2. The summed E-state index contributed by atoms with van der Waals surface area (Å²) < 4.78 is 7.32. The molecule has 3 aromatic rings. The highest BCUT2D eigenvalue weighted by Crippen LogP contribution is 2.23. The van der Waals surface area contributed by atoms with Gasteiger partial charge in [0.25, 0.3) is 11.5 Å². The second kappa shape index (κ2) is 7.44. The molecule has 5 heteroatoms. The van der Waals surface area contributed by atoms with E-state index in [1.807, 2.05) is 45.0 Å². The first kappa shape index (κ1) is 17.7. The van der Waals surface area contributed by atoms with Gasteiger partial charge in [0.05, 0.1) is 5.39 Å². The minimum atomic E-state index is -0.242. The molecule has 3 rings (SSSR count). The summed E-state index contributed by atoms with van der Waals surface area (Å²) in [5.74, 6) is 0.285. The number of benzene rings is 2. The first-order chi connectivity index (χ1) is 12.5. The molecule has 5 nitrogen and oxygen atoms in total. The van der Waals surface area contributed by atoms with Gasteiger partial charge >= 0.3 is 0 Å². The van der Waals surface area contributed by atoms with Crippen LogP contribution >= 0.6 is 0 Å². The third-order valence-electron chi connectivity index (χ3n) is 4.18. The Morgan fingerprint density at radius 2 is 1.81 bits per heavy atom. The summed E-state index contributed by atoms with van der Waals surface area (Å²) >= 11 is 0. The van der Waals surface area contributed by atoms with E-state index in [2.05, 4.69) is 5.32 Å². The Morgan fingerprint density at radius 1 is 1.08 bits per heavy atom. The Balaban J connectivity index is 1.76. The highest BCUT2D eigenvalue weighted by atomic mass is 16.5. The van der Waals surface area contributed by atoms with Crippen LogP contribution in [0.15, 0.2) is 53.5 Å². The van der Waals surface area contributed by atoms with Gasteiger partial charge in [0, 0.05) is 23.8 Å². The standard InChI is InChI=1S/C21H22N2O3/c1-4-23-9-8-17-18(21(23)25)6-5-7-19(17)26-13-20(24)22-16-11-14(2)10-15(3)12-16/h5-12H,4,13H2,1-3H3,(H,22,24). The van der Waals surface area contributed by atoms with Crippen LogP contribution in [0.1, 0.15) is 18.1 Å². The maximum absolute atomic E-state index is 12.4. The number of anilines is 1. The number of carbonyl (C=O) groups is 1. The number of nitrogens with zero attached hydrogens (tertiary/aromatic N) is 1. The molecule has 0 aliphatic heterocycles. The zero-order chi connectivity index (χ0) is 18.7. The van der Waals surface area contributed by atoms with Crippen LogP contribution in [0.25, 0.3) is 10.8 Å². The molecule has 0 radical (unpaired) electrons. The maximum Gasteiger partial charge on any atom is 0.262 e. The van der Waals surface area contributed by atoms with Crippen LogP contribution in [-0.4, -0.2) is 17.1 Å². The van der Waals surface area contributed by atoms with Crippen molar-refractivity contribution in [3.05, 3.63) is 70.1 Å². The zero-order valence-corrected chi connectivity index (χ0v) is 15.2. The molecule has 0 atom stereocenters. The number of aryl methyl sites for hydroxylation is 3. The van der Waals surface area contributed by atoms with Gasteiger partial charge in [-0.15, -0.1) is 0 Å². The molecule has 26 heavy (non-hydrogen) atoms. The summed E-state index contributed by atoms with van der Waals surface area (Å²) in [4.78, 5) is 24.6. The number of rotatable bonds is 5. The van der Waals surface area contributed by atoms with Crippen LogP contribution in [0, 0.1) is 13.8 Å². The Bertz CT molecular complexity index is 1000. The van der Waals surface area contributed by atoms with E-state index in [-0.39, 0.29) is 18.1 Å². The Hall–Kier alpha value is -3.08. The van der Waals surface area contributed by atoms with E-state index in [9.17, 15) is 9.59 Å². The lowest BCUT2D eigenvalue weighted by Gasteiger charge is -2.11. The van der Waals surface area contributed by atoms with Gasteiger partial charge in [0.1, 0.15) is 5.75 Å². The van der Waals surface area contributed by atoms with Gasteiger partial charge in [-0.25, -0.2) is 0 Å². The maximum atomic E-state index is 12.4. The number of hydrogen-bond donors (Lipinski definition) is 1. The molecule has 0 aliphatic rings. The van der Waals surface area contributed by atoms with Gasteiger partial charge < -0.3 is 14.6 Å². The molecule has 0 fully saturated rings. The number of carbonyl (C=O) groups excluding carboxylic acids is 1. The molecule has 0 saturated carbocycles. The van der Waals surface area contributed by atoms with E-state index >= 15 is 0 Å². The molecule has 0 bridgehead atoms. The highest BCUT2D eigenvalue weighted by Gasteiger charge is 2.09. The number of nitrogens with one attached hydrogen (secondary N) is 1. The predicted octanol–water partition coefficient (Wildman–Crippen LogP) is 3.66. The fraction of sp³-hybridized carbons (Fsp3) is 0.238. The molecule has 0 spiro atoms. The molecule has 134 valence electrons. The van der Waals surface area contributed by atoms with Gasteiger partial charge in [-0.05, 0) is 62.2 Å². The predicted molar refractivity (Wildman–Crippen MR) is 104 cm³/mol. The first-order valence-corrected chi connectivity index (χ1v) is 8.61. The second-order valence-electron chi connectivity index (χ2n) is 6.34. The molecule has 1 N–H and O–H groups in total. The summed E-state index contributed by atoms with van der Waals surface area (Å²) in [5, 5.41) is 4.14. The molecule has 1 amide bonds. The topological polar surface area (TPSA) is 60.3 Å². The minimum absolute atomic E-state index is 0.0601. The monoisotopic (exact) mass is 350 g/mol. The quantitative estimate of drug-likeness (QED) is 0.764. The van der Waals surface area contributed by atoms with E-state index in [0.29, 0.717) is 23.1 Å². The largest absolute Gasteiger partial charge is 0.483 e. The Kier molecular flexibility index (Phi) is 5.07. The third-order valence-corrected chi connectivity index (χ3v) is 4.18. The minimum Gasteiger partial charge on any atom is -0.483 e. The molecule has 0 unspecified atom stereocenters. The van der Waals surface area contributed by atoms with E-state index in [1.54, 1.807) is 29.0 Å². The number of pyridine rings is 1. The summed E-state index contributed by atoms with van der Waals surface area (Å²) in [6, 6.07) is 13.0. The van der Waals surface area contributed by atoms with Crippen molar-refractivity contribution in [3.8, 4) is 5.75 Å². The second-order valence-corrected chi connectivity index (χ2v) is 6.34. The summed E-state index contributed by atoms with van der Waals surface area (Å²) in [6.07, 6.45) is 1.74. The Morgan fingerprint density at radius 3 is 2.50 bits per heavy atom. The molecule has 1 aromatic heterocycles. The van der Waals surface area contributed by atoms with Gasteiger partial charge in [-0.1, -0.05) is 12.1 Å². The van der Waals surface area contributed by atoms with Crippen molar-refractivity contribution in [2.24, 2.45) is 0 Å². The van der Waals surface area contributed by atoms with Crippen LogP contribution in [0.4, 0.5) is 5.69 Å². The van der Waals surface area contributed by atoms with Crippen molar-refractivity contribution in [1.29, 1.82) is 0 Å². The van der Waals surface area contributed by atoms with Crippen molar-refractivity contribution in [2.75, 3.05) is 11.9 Å². The molecule has 1 heterocycles. The van der Waals surface area contributed by atoms with Crippen LogP contribution in [0.5, 0.6) is 5.75 Å². The summed E-state index contributed by atoms with van der Waals surface area (Å²) in [5.41, 5.74) is 2.86. The van der Waals surface area contributed by atoms with E-state index in [4.69, 9.17) is 4.74 Å². The van der Waals surface area contributed by atoms with E-state index < -0.39 is 0 Å². The van der Waals surface area contributed by atoms with Crippen LogP contribution in [0.2, 0.25) is 0 Å². The van der Waals surface area contributed by atoms with Crippen LogP contribution < -0.4 is 15.6 Å². The molecule has 0 saturated heterocycles. The number of ether oxygens (including phenoxy) is 1. The highest BCUT2D eigenvalue weighted by molar-refractivity contribution is 5.93. The number of fused-ring (bicyclic) bond motifs is 1. The number of aromatic nitrogens is 1. The number of amides is 1. The van der Waals surface area contributed by atoms with Crippen molar-refractivity contribution < 1.29 is 9.53 Å². The van der Waals surface area contributed by atoms with E-state index in [1.165, 1.54) is 0 Å². The average Bonchev–Trinajstić information content (AvgIpc) is 2.59. The van der Waals surface area contributed by atoms with Crippen molar-refractivity contribution in [2.45, 2.75) is 27.3 Å². The summed E-state index contributed by atoms with van der Waals surface area (Å²) in [6.45, 7) is 6.38. The lowest BCUT2D eigenvalue weighted by Crippen LogP contribution is -2.21. The first-order valence-electron chi connectivity index (χ1n) is 8.61. The van der Waals surface area contributed by atoms with Gasteiger partial charge in [0.15, 0.2) is 6.61 Å². The van der Waals surface area contributed by atoms with Crippen LogP contribution in [-0.2, 0) is 11.3 Å². The number of hydrogen-bond acceptors (Lipinski definition) is 3. The van der Waals surface area contributed by atoms with Crippen molar-refractivity contribution in [1.82, 2.24) is 4.57 Å². The fourth-order valence-corrected chi connectivity index (χ4v) is 3.05.